The van der Waals surface area contributed by atoms with Gasteiger partial charge >= 0.3 is 0 Å². The van der Waals surface area contributed by atoms with E-state index in [1.54, 1.807) is 17.8 Å². The number of rotatable bonds is 10. The minimum absolute atomic E-state index is 0.0219. The molecule has 1 N–H and O–H groups in total. The summed E-state index contributed by atoms with van der Waals surface area (Å²) in [5.41, 5.74) is 7.45. The van der Waals surface area contributed by atoms with Crippen molar-refractivity contribution in [3.8, 4) is 0 Å². The fourth-order valence-corrected chi connectivity index (χ4v) is 9.43. The van der Waals surface area contributed by atoms with E-state index in [9.17, 15) is 0 Å². The maximum Gasteiger partial charge on any atom is 0.126 e. The molecule has 4 heterocycles. The molecule has 2 saturated heterocycles. The van der Waals surface area contributed by atoms with Crippen molar-refractivity contribution in [1.29, 1.82) is 0 Å². The number of piperazine rings is 1. The molecule has 2 aromatic rings. The predicted molar refractivity (Wildman–Crippen MR) is 200 cm³/mol. The summed E-state index contributed by atoms with van der Waals surface area (Å²) in [6.45, 7) is 34.9. The molecule has 48 heavy (non-hydrogen) atoms. The lowest BCUT2D eigenvalue weighted by atomic mass is 9.86. The molecule has 6 rings (SSSR count). The van der Waals surface area contributed by atoms with Crippen molar-refractivity contribution < 1.29 is 4.39 Å². The number of hydrogen-bond acceptors (Lipinski definition) is 6. The third-order valence-electron chi connectivity index (χ3n) is 11.3. The largest absolute Gasteiger partial charge is 0.367 e. The lowest BCUT2D eigenvalue weighted by Crippen LogP contribution is -2.60. The Morgan fingerprint density at radius 1 is 1.04 bits per heavy atom. The summed E-state index contributed by atoms with van der Waals surface area (Å²) in [7, 11) is 0. The first kappa shape index (κ1) is 34.8. The van der Waals surface area contributed by atoms with Gasteiger partial charge in [-0.05, 0) is 79.7 Å². The van der Waals surface area contributed by atoms with Crippen molar-refractivity contribution in [2.45, 2.75) is 104 Å². The van der Waals surface area contributed by atoms with Gasteiger partial charge in [-0.2, -0.15) is 0 Å². The smallest absolute Gasteiger partial charge is 0.126 e. The first-order valence-corrected chi connectivity index (χ1v) is 18.8. The summed E-state index contributed by atoms with van der Waals surface area (Å²) in [5, 5.41) is 4.83. The Morgan fingerprint density at radius 2 is 1.75 bits per heavy atom. The minimum atomic E-state index is -0.183. The summed E-state index contributed by atoms with van der Waals surface area (Å²) in [6, 6.07) is 10.4. The van der Waals surface area contributed by atoms with E-state index < -0.39 is 0 Å². The number of pyridine rings is 1. The van der Waals surface area contributed by atoms with Crippen LogP contribution in [0.4, 0.5) is 4.39 Å². The van der Waals surface area contributed by atoms with Crippen LogP contribution in [0.25, 0.3) is 0 Å². The number of nitrogens with zero attached hydrogens (tertiary/aromatic N) is 4. The Hall–Kier alpha value is -3.03. The molecule has 0 bridgehead atoms. The molecule has 3 aliphatic heterocycles. The second-order valence-corrected chi connectivity index (χ2v) is 16.8. The van der Waals surface area contributed by atoms with Crippen LogP contribution in [-0.4, -0.2) is 56.9 Å². The molecule has 1 aromatic carbocycles. The number of halogens is 1. The Balaban J connectivity index is 1.38. The van der Waals surface area contributed by atoms with Crippen molar-refractivity contribution >= 4 is 11.8 Å². The van der Waals surface area contributed by atoms with Gasteiger partial charge in [0, 0.05) is 66.1 Å². The van der Waals surface area contributed by atoms with Gasteiger partial charge in [0.1, 0.15) is 5.82 Å². The average Bonchev–Trinajstić information content (AvgIpc) is 3.52. The van der Waals surface area contributed by atoms with Crippen LogP contribution in [0.15, 0.2) is 83.3 Å². The standard InChI is InChI=1S/C41H56FN5S/c1-24(2)37-21-44-41(16-17-41)23-46(37)30(9)36-18-26(5)22-45(36)31(10)40-38(25(3)4)47(32(11)48-40)39(33-14-12-27(6)35(42)19-33)29(8)34-15-13-28(7)43-20-34/h12-15,19-20,24-26,29,36-37,39,44H,9-11,16-18,21-23H2,1-8H3/t26-,29?,36+,37?,39+/m1/s1. The van der Waals surface area contributed by atoms with E-state index >= 15 is 4.39 Å². The predicted octanol–water partition coefficient (Wildman–Crippen LogP) is 9.27. The highest BCUT2D eigenvalue weighted by Gasteiger charge is 2.50. The zero-order chi connectivity index (χ0) is 34.7. The Labute approximate surface area is 293 Å². The molecule has 5 atom stereocenters. The van der Waals surface area contributed by atoms with Gasteiger partial charge in [0.2, 0.25) is 0 Å². The Bertz CT molecular complexity index is 1600. The lowest BCUT2D eigenvalue weighted by molar-refractivity contribution is 0.109. The average molecular weight is 670 g/mol. The Kier molecular flexibility index (Phi) is 9.69. The second-order valence-electron chi connectivity index (χ2n) is 15.8. The van der Waals surface area contributed by atoms with Gasteiger partial charge in [0.05, 0.1) is 22.0 Å². The van der Waals surface area contributed by atoms with Crippen LogP contribution in [0.2, 0.25) is 0 Å². The number of hydrogen-bond donors (Lipinski definition) is 1. The molecule has 3 fully saturated rings. The molecule has 4 aliphatic rings. The van der Waals surface area contributed by atoms with E-state index in [4.69, 9.17) is 13.2 Å². The third kappa shape index (κ3) is 6.49. The fraction of sp³-hybridized carbons (Fsp3) is 0.537. The van der Waals surface area contributed by atoms with Gasteiger partial charge in [-0.15, -0.1) is 0 Å². The van der Waals surface area contributed by atoms with Crippen LogP contribution in [0.3, 0.4) is 0 Å². The summed E-state index contributed by atoms with van der Waals surface area (Å²) in [6.07, 6.45) is 5.54. The van der Waals surface area contributed by atoms with Gasteiger partial charge in [-0.1, -0.05) is 91.2 Å². The van der Waals surface area contributed by atoms with Gasteiger partial charge in [0.25, 0.3) is 0 Å². The highest BCUT2D eigenvalue weighted by Crippen LogP contribution is 2.54. The zero-order valence-corrected chi connectivity index (χ0v) is 31.3. The van der Waals surface area contributed by atoms with Crippen LogP contribution in [-0.2, 0) is 0 Å². The van der Waals surface area contributed by atoms with E-state index in [2.05, 4.69) is 91.3 Å². The van der Waals surface area contributed by atoms with Gasteiger partial charge in [0.15, 0.2) is 0 Å². The highest BCUT2D eigenvalue weighted by atomic mass is 32.2. The molecule has 7 heteroatoms. The molecule has 1 spiro atoms. The molecular weight excluding hydrogens is 614 g/mol. The zero-order valence-electron chi connectivity index (χ0n) is 30.4. The van der Waals surface area contributed by atoms with E-state index in [1.807, 2.05) is 26.1 Å². The van der Waals surface area contributed by atoms with E-state index in [1.165, 1.54) is 29.1 Å². The van der Waals surface area contributed by atoms with Crippen LogP contribution >= 0.6 is 11.8 Å². The van der Waals surface area contributed by atoms with E-state index in [0.717, 1.165) is 53.6 Å². The van der Waals surface area contributed by atoms with Gasteiger partial charge < -0.3 is 20.0 Å². The Morgan fingerprint density at radius 3 is 2.35 bits per heavy atom. The van der Waals surface area contributed by atoms with Crippen molar-refractivity contribution in [3.63, 3.8) is 0 Å². The topological polar surface area (TPSA) is 34.6 Å². The number of nitrogens with one attached hydrogen (secondary N) is 1. The third-order valence-corrected chi connectivity index (χ3v) is 12.4. The second kappa shape index (κ2) is 13.4. The first-order valence-electron chi connectivity index (χ1n) is 18.0. The summed E-state index contributed by atoms with van der Waals surface area (Å²) < 4.78 is 15.2. The quantitative estimate of drug-likeness (QED) is 0.272. The summed E-state index contributed by atoms with van der Waals surface area (Å²) in [5.74, 6) is 1.10. The van der Waals surface area contributed by atoms with Crippen LogP contribution < -0.4 is 5.32 Å². The molecule has 2 unspecified atom stereocenters. The molecular formula is C41H56FN5S. The van der Waals surface area contributed by atoms with E-state index in [-0.39, 0.29) is 35.3 Å². The first-order chi connectivity index (χ1) is 22.7. The summed E-state index contributed by atoms with van der Waals surface area (Å²) in [4.78, 5) is 13.4. The maximum atomic E-state index is 15.2. The number of aryl methyl sites for hydroxylation is 2. The normalized spacial score (nSPS) is 25.1. The fourth-order valence-electron chi connectivity index (χ4n) is 8.21. The molecule has 0 radical (unpaired) electrons. The van der Waals surface area contributed by atoms with Crippen molar-refractivity contribution in [2.24, 2.45) is 17.8 Å². The number of benzene rings is 1. The number of allylic oxidation sites excluding steroid dienone is 1. The van der Waals surface area contributed by atoms with Crippen molar-refractivity contribution in [3.05, 3.63) is 111 Å². The summed E-state index contributed by atoms with van der Waals surface area (Å²) >= 11 is 1.72. The van der Waals surface area contributed by atoms with Crippen molar-refractivity contribution in [2.75, 3.05) is 19.6 Å². The van der Waals surface area contributed by atoms with Gasteiger partial charge in [-0.3, -0.25) is 4.98 Å². The van der Waals surface area contributed by atoms with Crippen LogP contribution in [0.5, 0.6) is 0 Å². The minimum Gasteiger partial charge on any atom is -0.367 e. The number of thioether (sulfide) groups is 1. The lowest BCUT2D eigenvalue weighted by Gasteiger charge is -2.47. The maximum absolute atomic E-state index is 15.2. The van der Waals surface area contributed by atoms with E-state index in [0.29, 0.717) is 23.4 Å². The molecule has 258 valence electrons. The molecule has 5 nitrogen and oxygen atoms in total. The molecule has 1 aromatic heterocycles. The van der Waals surface area contributed by atoms with Crippen LogP contribution in [0, 0.1) is 37.4 Å². The number of likely N-dealkylation sites (tertiary alicyclic amines) is 1. The monoisotopic (exact) mass is 669 g/mol. The molecule has 0 amide bonds. The SMILES string of the molecule is C=C([C@@H]1C[C@@H](C)CN1C(=C)C1=C(C(C)C)N([C@H](c2ccc(C)c(F)c2)C(C)c2ccc(C)nc2)C(=C)S1)N1CC2(CC2)NCC1C(C)C. The van der Waals surface area contributed by atoms with Crippen LogP contribution in [0.1, 0.15) is 95.1 Å². The highest BCUT2D eigenvalue weighted by molar-refractivity contribution is 8.07. The molecule has 1 aliphatic carbocycles. The van der Waals surface area contributed by atoms with Crippen molar-refractivity contribution in [1.82, 2.24) is 25.0 Å². The van der Waals surface area contributed by atoms with Gasteiger partial charge in [-0.25, -0.2) is 4.39 Å². The number of aromatic nitrogens is 1. The molecule has 1 saturated carbocycles.